The van der Waals surface area contributed by atoms with Crippen LogP contribution in [0.1, 0.15) is 57.8 Å². The van der Waals surface area contributed by atoms with Crippen molar-refractivity contribution in [3.05, 3.63) is 11.8 Å². The Kier molecular flexibility index (Phi) is 5.13. The van der Waals surface area contributed by atoms with Crippen LogP contribution in [0, 0.1) is 5.92 Å². The Hall–Kier alpha value is -1.36. The Morgan fingerprint density at radius 3 is 2.55 bits per heavy atom. The monoisotopic (exact) mass is 305 g/mol. The fourth-order valence-electron chi connectivity index (χ4n) is 3.84. The van der Waals surface area contributed by atoms with Crippen molar-refractivity contribution >= 4 is 11.6 Å². The highest BCUT2D eigenvalue weighted by Gasteiger charge is 2.30. The Labute approximate surface area is 132 Å². The molecule has 2 N–H and O–H groups in total. The minimum Gasteiger partial charge on any atom is -0.387 e. The van der Waals surface area contributed by atoms with Gasteiger partial charge in [0.2, 0.25) is 0 Å². The van der Waals surface area contributed by atoms with Crippen LogP contribution in [-0.4, -0.2) is 30.9 Å². The zero-order valence-corrected chi connectivity index (χ0v) is 13.4. The van der Waals surface area contributed by atoms with E-state index in [1.165, 1.54) is 19.3 Å². The van der Waals surface area contributed by atoms with Crippen molar-refractivity contribution in [3.63, 3.8) is 0 Å². The van der Waals surface area contributed by atoms with Crippen molar-refractivity contribution in [2.24, 2.45) is 11.0 Å². The van der Waals surface area contributed by atoms with Crippen LogP contribution in [0.15, 0.2) is 16.9 Å². The van der Waals surface area contributed by atoms with Gasteiger partial charge in [0.05, 0.1) is 17.4 Å². The normalized spacial score (nSPS) is 32.0. The van der Waals surface area contributed by atoms with Crippen LogP contribution in [0.25, 0.3) is 0 Å². The van der Waals surface area contributed by atoms with E-state index in [1.54, 1.807) is 7.11 Å². The lowest BCUT2D eigenvalue weighted by Gasteiger charge is -2.28. The number of hydrogen-bond donors (Lipinski definition) is 2. The molecule has 1 heterocycles. The molecule has 22 heavy (non-hydrogen) atoms. The SMILES string of the molecule is COC1CCC(N/C=C2\C(=O)NN=C2C2CCCCC2)CC1. The molecule has 5 heteroatoms. The molecule has 0 aromatic heterocycles. The molecule has 3 aliphatic rings. The lowest BCUT2D eigenvalue weighted by atomic mass is 9.83. The summed E-state index contributed by atoms with van der Waals surface area (Å²) in [6.45, 7) is 0. The highest BCUT2D eigenvalue weighted by molar-refractivity contribution is 6.25. The van der Waals surface area contributed by atoms with Gasteiger partial charge in [-0.2, -0.15) is 5.10 Å². The molecule has 0 aromatic rings. The van der Waals surface area contributed by atoms with Crippen molar-refractivity contribution in [1.29, 1.82) is 0 Å². The number of rotatable bonds is 4. The first kappa shape index (κ1) is 15.5. The minimum atomic E-state index is -0.0568. The molecule has 2 aliphatic carbocycles. The van der Waals surface area contributed by atoms with Gasteiger partial charge in [0, 0.05) is 25.3 Å². The lowest BCUT2D eigenvalue weighted by molar-refractivity contribution is -0.116. The van der Waals surface area contributed by atoms with Crippen molar-refractivity contribution in [2.75, 3.05) is 7.11 Å². The third kappa shape index (κ3) is 3.51. The quantitative estimate of drug-likeness (QED) is 0.784. The number of carbonyl (C=O) groups is 1. The Balaban J connectivity index is 1.59. The second-order valence-corrected chi connectivity index (χ2v) is 6.71. The molecule has 5 nitrogen and oxygen atoms in total. The largest absolute Gasteiger partial charge is 0.387 e. The highest BCUT2D eigenvalue weighted by atomic mass is 16.5. The number of hydrogen-bond acceptors (Lipinski definition) is 4. The smallest absolute Gasteiger partial charge is 0.274 e. The molecule has 1 aliphatic heterocycles. The predicted molar refractivity (Wildman–Crippen MR) is 86.4 cm³/mol. The first-order chi connectivity index (χ1) is 10.8. The maximum absolute atomic E-state index is 12.0. The molecule has 0 bridgehead atoms. The van der Waals surface area contributed by atoms with Gasteiger partial charge in [0.15, 0.2) is 0 Å². The van der Waals surface area contributed by atoms with Gasteiger partial charge in [0.25, 0.3) is 5.91 Å². The van der Waals surface area contributed by atoms with Gasteiger partial charge in [-0.1, -0.05) is 19.3 Å². The van der Waals surface area contributed by atoms with Crippen LogP contribution in [0.2, 0.25) is 0 Å². The Morgan fingerprint density at radius 1 is 1.14 bits per heavy atom. The molecule has 0 spiro atoms. The fourth-order valence-corrected chi connectivity index (χ4v) is 3.84. The van der Waals surface area contributed by atoms with Gasteiger partial charge in [-0.3, -0.25) is 4.79 Å². The maximum Gasteiger partial charge on any atom is 0.274 e. The summed E-state index contributed by atoms with van der Waals surface area (Å²) >= 11 is 0. The lowest BCUT2D eigenvalue weighted by Crippen LogP contribution is -2.33. The van der Waals surface area contributed by atoms with Crippen molar-refractivity contribution in [2.45, 2.75) is 69.9 Å². The summed E-state index contributed by atoms with van der Waals surface area (Å²) in [5, 5.41) is 7.75. The number of carbonyl (C=O) groups excluding carboxylic acids is 1. The number of methoxy groups -OCH3 is 1. The van der Waals surface area contributed by atoms with E-state index in [0.29, 0.717) is 18.1 Å². The van der Waals surface area contributed by atoms with Gasteiger partial charge in [-0.05, 0) is 38.5 Å². The van der Waals surface area contributed by atoms with Gasteiger partial charge in [0.1, 0.15) is 0 Å². The molecule has 1 amide bonds. The number of ether oxygens (including phenoxy) is 1. The number of amides is 1. The minimum absolute atomic E-state index is 0.0568. The molecule has 2 saturated carbocycles. The van der Waals surface area contributed by atoms with E-state index in [9.17, 15) is 4.79 Å². The van der Waals surface area contributed by atoms with Crippen LogP contribution in [0.3, 0.4) is 0 Å². The summed E-state index contributed by atoms with van der Waals surface area (Å²) in [7, 11) is 1.79. The second-order valence-electron chi connectivity index (χ2n) is 6.71. The zero-order valence-electron chi connectivity index (χ0n) is 13.4. The van der Waals surface area contributed by atoms with Crippen molar-refractivity contribution in [1.82, 2.24) is 10.7 Å². The fraction of sp³-hybridized carbons (Fsp3) is 0.765. The average Bonchev–Trinajstić information content (AvgIpc) is 2.95. The molecule has 0 radical (unpaired) electrons. The van der Waals surface area contributed by atoms with E-state index in [-0.39, 0.29) is 5.91 Å². The van der Waals surface area contributed by atoms with E-state index in [2.05, 4.69) is 15.8 Å². The third-order valence-electron chi connectivity index (χ3n) is 5.26. The maximum atomic E-state index is 12.0. The summed E-state index contributed by atoms with van der Waals surface area (Å²) in [4.78, 5) is 12.0. The molecule has 122 valence electrons. The zero-order chi connectivity index (χ0) is 15.4. The molecule has 0 saturated heterocycles. The van der Waals surface area contributed by atoms with E-state index in [0.717, 1.165) is 49.8 Å². The van der Waals surface area contributed by atoms with Gasteiger partial charge >= 0.3 is 0 Å². The van der Waals surface area contributed by atoms with E-state index in [1.807, 2.05) is 6.20 Å². The molecular weight excluding hydrogens is 278 g/mol. The molecule has 0 aromatic carbocycles. The van der Waals surface area contributed by atoms with E-state index >= 15 is 0 Å². The highest BCUT2D eigenvalue weighted by Crippen LogP contribution is 2.29. The van der Waals surface area contributed by atoms with Crippen LogP contribution in [0.4, 0.5) is 0 Å². The molecule has 3 rings (SSSR count). The molecule has 2 fully saturated rings. The van der Waals surface area contributed by atoms with Gasteiger partial charge in [-0.25, -0.2) is 5.43 Å². The molecule has 0 atom stereocenters. The topological polar surface area (TPSA) is 62.7 Å². The summed E-state index contributed by atoms with van der Waals surface area (Å²) in [5.74, 6) is 0.392. The first-order valence-electron chi connectivity index (χ1n) is 8.65. The third-order valence-corrected chi connectivity index (χ3v) is 5.26. The van der Waals surface area contributed by atoms with E-state index < -0.39 is 0 Å². The second kappa shape index (κ2) is 7.27. The summed E-state index contributed by atoms with van der Waals surface area (Å²) < 4.78 is 5.40. The van der Waals surface area contributed by atoms with Gasteiger partial charge < -0.3 is 10.1 Å². The van der Waals surface area contributed by atoms with Crippen molar-refractivity contribution in [3.8, 4) is 0 Å². The van der Waals surface area contributed by atoms with Gasteiger partial charge in [-0.15, -0.1) is 0 Å². The van der Waals surface area contributed by atoms with Crippen LogP contribution in [-0.2, 0) is 9.53 Å². The Morgan fingerprint density at radius 2 is 1.86 bits per heavy atom. The van der Waals surface area contributed by atoms with Crippen LogP contribution >= 0.6 is 0 Å². The van der Waals surface area contributed by atoms with E-state index in [4.69, 9.17) is 4.74 Å². The molecule has 0 unspecified atom stereocenters. The van der Waals surface area contributed by atoms with Crippen LogP contribution < -0.4 is 10.7 Å². The number of hydrazone groups is 1. The first-order valence-corrected chi connectivity index (χ1v) is 8.65. The number of nitrogens with one attached hydrogen (secondary N) is 2. The molecular formula is C17H27N3O2. The standard InChI is InChI=1S/C17H27N3O2/c1-22-14-9-7-13(8-10-14)18-11-15-16(19-20-17(15)21)12-5-3-2-4-6-12/h11-14,18H,2-10H2,1H3,(H,20,21)/b15-11-. The summed E-state index contributed by atoms with van der Waals surface area (Å²) in [6, 6.07) is 0.444. The number of nitrogens with zero attached hydrogens (tertiary/aromatic N) is 1. The average molecular weight is 305 g/mol. The van der Waals surface area contributed by atoms with Crippen molar-refractivity contribution < 1.29 is 9.53 Å². The Bertz CT molecular complexity index is 459. The summed E-state index contributed by atoms with van der Waals surface area (Å²) in [6.07, 6.45) is 12.8. The predicted octanol–water partition coefficient (Wildman–Crippen LogP) is 2.48. The summed E-state index contributed by atoms with van der Waals surface area (Å²) in [5.41, 5.74) is 4.37. The van der Waals surface area contributed by atoms with Crippen LogP contribution in [0.5, 0.6) is 0 Å².